The van der Waals surface area contributed by atoms with E-state index in [9.17, 15) is 0 Å². The van der Waals surface area contributed by atoms with Crippen LogP contribution in [0.4, 0.5) is 0 Å². The molecule has 6 heterocycles. The van der Waals surface area contributed by atoms with E-state index in [1.54, 1.807) is 30.4 Å². The zero-order valence-corrected chi connectivity index (χ0v) is 30.1. The standard InChI is InChI=1S/C46H26N4O2S2/c1-5-13-35-29(9-1)45(30-10-2-6-14-36(30)52-43-41(45)47-21-23-49-43)33-25-27(17-19-37(33)51-35)28-18-20-40-34(26-28)46(31-11-3-7-15-38(31)53-40)32-12-4-8-16-39(32)54-44-42(46)48-22-24-50-44/h1-26H. The van der Waals surface area contributed by atoms with Crippen molar-refractivity contribution in [3.05, 3.63) is 203 Å². The fourth-order valence-corrected chi connectivity index (χ4v) is 11.3. The third-order valence-corrected chi connectivity index (χ3v) is 13.4. The summed E-state index contributed by atoms with van der Waals surface area (Å²) in [7, 11) is 0. The highest BCUT2D eigenvalue weighted by Crippen LogP contribution is 2.63. The second-order valence-corrected chi connectivity index (χ2v) is 15.8. The number of ether oxygens (including phenoxy) is 2. The summed E-state index contributed by atoms with van der Waals surface area (Å²) in [5.74, 6) is 2.79. The summed E-state index contributed by atoms with van der Waals surface area (Å²) in [6.45, 7) is 0. The molecule has 6 nitrogen and oxygen atoms in total. The number of rotatable bonds is 1. The summed E-state index contributed by atoms with van der Waals surface area (Å²) in [5, 5.41) is 0.929. The van der Waals surface area contributed by atoms with Gasteiger partial charge in [0, 0.05) is 56.2 Å². The van der Waals surface area contributed by atoms with Crippen molar-refractivity contribution in [1.29, 1.82) is 0 Å². The van der Waals surface area contributed by atoms with Crippen LogP contribution in [0.25, 0.3) is 11.1 Å². The lowest BCUT2D eigenvalue weighted by Gasteiger charge is -2.44. The minimum atomic E-state index is -0.836. The molecule has 2 spiro atoms. The van der Waals surface area contributed by atoms with E-state index in [0.717, 1.165) is 61.5 Å². The minimum absolute atomic E-state index is 0.490. The largest absolute Gasteiger partial charge is 0.457 e. The minimum Gasteiger partial charge on any atom is -0.457 e. The SMILES string of the molecule is c1ccc2c(c1)Oc1ccc(-c3ccc4c(c3)C3(c5ccccc5S4)c4ccccc4Sc4nccnc43)cc1C21c2ccccc2Oc2nccnc21. The second-order valence-electron chi connectivity index (χ2n) is 13.7. The Morgan fingerprint density at radius 3 is 1.67 bits per heavy atom. The number of hydrogen-bond acceptors (Lipinski definition) is 8. The van der Waals surface area contributed by atoms with Crippen LogP contribution in [0.15, 0.2) is 178 Å². The Labute approximate surface area is 319 Å². The van der Waals surface area contributed by atoms with Crippen LogP contribution in [0.3, 0.4) is 0 Å². The summed E-state index contributed by atoms with van der Waals surface area (Å²) in [4.78, 5) is 23.4. The normalized spacial score (nSPS) is 19.0. The van der Waals surface area contributed by atoms with Crippen LogP contribution in [0, 0.1) is 0 Å². The maximum atomic E-state index is 6.71. The quantitative estimate of drug-likeness (QED) is 0.165. The maximum Gasteiger partial charge on any atom is 0.242 e. The molecule has 8 heteroatoms. The summed E-state index contributed by atoms with van der Waals surface area (Å²) < 4.78 is 13.1. The molecule has 0 N–H and O–H groups in total. The Kier molecular flexibility index (Phi) is 6.25. The maximum absolute atomic E-state index is 6.71. The van der Waals surface area contributed by atoms with Crippen molar-refractivity contribution in [3.63, 3.8) is 0 Å². The van der Waals surface area contributed by atoms with E-state index in [1.807, 2.05) is 42.2 Å². The molecule has 0 fully saturated rings. The Morgan fingerprint density at radius 2 is 0.907 bits per heavy atom. The van der Waals surface area contributed by atoms with Crippen LogP contribution in [0.5, 0.6) is 23.1 Å². The van der Waals surface area contributed by atoms with Gasteiger partial charge in [0.15, 0.2) is 0 Å². The van der Waals surface area contributed by atoms with E-state index in [0.29, 0.717) is 5.88 Å². The van der Waals surface area contributed by atoms with Gasteiger partial charge < -0.3 is 9.47 Å². The molecule has 2 aromatic heterocycles. The average Bonchev–Trinajstić information content (AvgIpc) is 3.23. The van der Waals surface area contributed by atoms with Gasteiger partial charge in [-0.1, -0.05) is 108 Å². The molecule has 0 aliphatic carbocycles. The third-order valence-electron chi connectivity index (χ3n) is 11.2. The van der Waals surface area contributed by atoms with Crippen molar-refractivity contribution < 1.29 is 9.47 Å². The average molecular weight is 731 g/mol. The molecule has 8 aromatic rings. The van der Waals surface area contributed by atoms with Gasteiger partial charge in [0.05, 0.1) is 11.1 Å². The summed E-state index contributed by atoms with van der Waals surface area (Å²) in [6, 6.07) is 47.4. The molecule has 12 rings (SSSR count). The van der Waals surface area contributed by atoms with E-state index in [2.05, 4.69) is 109 Å². The van der Waals surface area contributed by atoms with E-state index >= 15 is 0 Å². The lowest BCUT2D eigenvalue weighted by molar-refractivity contribution is 0.383. The van der Waals surface area contributed by atoms with Crippen molar-refractivity contribution in [1.82, 2.24) is 19.9 Å². The molecule has 6 aromatic carbocycles. The smallest absolute Gasteiger partial charge is 0.242 e. The number of benzene rings is 6. The molecule has 0 bridgehead atoms. The molecule has 2 unspecified atom stereocenters. The van der Waals surface area contributed by atoms with E-state index in [-0.39, 0.29) is 0 Å². The molecule has 0 amide bonds. The molecule has 0 saturated carbocycles. The van der Waals surface area contributed by atoms with Gasteiger partial charge in [-0.3, -0.25) is 9.97 Å². The fourth-order valence-electron chi connectivity index (χ4n) is 9.04. The second kappa shape index (κ2) is 11.1. The van der Waals surface area contributed by atoms with Crippen LogP contribution in [-0.4, -0.2) is 19.9 Å². The fraction of sp³-hybridized carbons (Fsp3) is 0.0435. The molecule has 54 heavy (non-hydrogen) atoms. The van der Waals surface area contributed by atoms with Crippen molar-refractivity contribution >= 4 is 23.5 Å². The zero-order valence-electron chi connectivity index (χ0n) is 28.4. The summed E-state index contributed by atoms with van der Waals surface area (Å²) in [6.07, 6.45) is 7.07. The molecule has 2 atom stereocenters. The van der Waals surface area contributed by atoms with Gasteiger partial charge >= 0.3 is 0 Å². The zero-order chi connectivity index (χ0) is 35.4. The molecule has 4 aliphatic heterocycles. The molecule has 0 radical (unpaired) electrons. The topological polar surface area (TPSA) is 70.0 Å². The third kappa shape index (κ3) is 3.88. The van der Waals surface area contributed by atoms with E-state index in [4.69, 9.17) is 29.4 Å². The van der Waals surface area contributed by atoms with Gasteiger partial charge in [-0.25, -0.2) is 9.97 Å². The number of para-hydroxylation sites is 2. The van der Waals surface area contributed by atoms with Gasteiger partial charge in [-0.2, -0.15) is 0 Å². The Hall–Kier alpha value is -6.22. The van der Waals surface area contributed by atoms with Crippen LogP contribution in [0.2, 0.25) is 0 Å². The Balaban J connectivity index is 1.14. The van der Waals surface area contributed by atoms with Crippen LogP contribution >= 0.6 is 23.5 Å². The number of nitrogens with zero attached hydrogens (tertiary/aromatic N) is 4. The Bertz CT molecular complexity index is 2490. The predicted octanol–water partition coefficient (Wildman–Crippen LogP) is 10.8. The first-order valence-electron chi connectivity index (χ1n) is 17.8. The molecule has 0 saturated heterocycles. The van der Waals surface area contributed by atoms with E-state index < -0.39 is 10.8 Å². The van der Waals surface area contributed by atoms with Crippen LogP contribution < -0.4 is 9.47 Å². The highest BCUT2D eigenvalue weighted by atomic mass is 32.2. The summed E-state index contributed by atoms with van der Waals surface area (Å²) >= 11 is 3.51. The van der Waals surface area contributed by atoms with Crippen molar-refractivity contribution in [2.45, 2.75) is 30.5 Å². The molecule has 4 aliphatic rings. The number of hydrogen-bond donors (Lipinski definition) is 0. The van der Waals surface area contributed by atoms with Gasteiger partial charge in [0.2, 0.25) is 5.88 Å². The highest BCUT2D eigenvalue weighted by Gasteiger charge is 2.53. The lowest BCUT2D eigenvalue weighted by Crippen LogP contribution is -2.38. The monoisotopic (exact) mass is 730 g/mol. The van der Waals surface area contributed by atoms with Crippen molar-refractivity contribution in [2.24, 2.45) is 0 Å². The van der Waals surface area contributed by atoms with Gasteiger partial charge in [-0.15, -0.1) is 0 Å². The molecular formula is C46H26N4O2S2. The van der Waals surface area contributed by atoms with Gasteiger partial charge in [-0.05, 0) is 76.3 Å². The predicted molar refractivity (Wildman–Crippen MR) is 208 cm³/mol. The van der Waals surface area contributed by atoms with Gasteiger partial charge in [0.25, 0.3) is 0 Å². The van der Waals surface area contributed by atoms with Crippen molar-refractivity contribution in [3.8, 4) is 34.3 Å². The molecular weight excluding hydrogens is 705 g/mol. The molecule has 254 valence electrons. The number of aromatic nitrogens is 4. The number of fused-ring (bicyclic) bond motifs is 16. The highest BCUT2D eigenvalue weighted by molar-refractivity contribution is 7.99. The van der Waals surface area contributed by atoms with Crippen molar-refractivity contribution in [2.75, 3.05) is 0 Å². The first-order valence-corrected chi connectivity index (χ1v) is 19.4. The van der Waals surface area contributed by atoms with Gasteiger partial charge in [0.1, 0.15) is 33.4 Å². The summed E-state index contributed by atoms with van der Waals surface area (Å²) in [5.41, 5.74) is 8.96. The Morgan fingerprint density at radius 1 is 0.389 bits per heavy atom. The van der Waals surface area contributed by atoms with Crippen LogP contribution in [0.1, 0.15) is 44.8 Å². The lowest BCUT2D eigenvalue weighted by atomic mass is 9.64. The first kappa shape index (κ1) is 30.3. The first-order chi connectivity index (χ1) is 26.7. The van der Waals surface area contributed by atoms with E-state index in [1.165, 1.54) is 31.4 Å². The van der Waals surface area contributed by atoms with Crippen LogP contribution in [-0.2, 0) is 10.8 Å².